The van der Waals surface area contributed by atoms with E-state index in [9.17, 15) is 4.79 Å². The van der Waals surface area contributed by atoms with Gasteiger partial charge in [0.2, 0.25) is 5.96 Å². The van der Waals surface area contributed by atoms with E-state index in [2.05, 4.69) is 30.6 Å². The van der Waals surface area contributed by atoms with Gasteiger partial charge in [-0.1, -0.05) is 18.2 Å². The summed E-state index contributed by atoms with van der Waals surface area (Å²) in [4.78, 5) is 27.3. The second-order valence-electron chi connectivity index (χ2n) is 4.73. The lowest BCUT2D eigenvalue weighted by molar-refractivity contribution is 0.0976. The number of H-pyrrole nitrogens is 1. The summed E-state index contributed by atoms with van der Waals surface area (Å²) in [5, 5.41) is 5.59. The third kappa shape index (κ3) is 4.86. The number of rotatable bonds is 4. The van der Waals surface area contributed by atoms with E-state index in [-0.39, 0.29) is 17.9 Å². The lowest BCUT2D eigenvalue weighted by Gasteiger charge is -2.06. The number of amides is 1. The van der Waals surface area contributed by atoms with E-state index < -0.39 is 0 Å². The largest absolute Gasteiger partial charge is 0.331 e. The van der Waals surface area contributed by atoms with Gasteiger partial charge in [0.1, 0.15) is 5.82 Å². The first-order valence-electron chi connectivity index (χ1n) is 6.87. The molecule has 7 heteroatoms. The number of hydrogen-bond acceptors (Lipinski definition) is 3. The van der Waals surface area contributed by atoms with Crippen molar-refractivity contribution in [2.75, 3.05) is 5.32 Å². The van der Waals surface area contributed by atoms with Gasteiger partial charge in [-0.3, -0.25) is 10.1 Å². The number of nitrogens with zero attached hydrogens (tertiary/aromatic N) is 3. The molecule has 0 fully saturated rings. The molecule has 0 unspecified atom stereocenters. The number of aromatic amines is 1. The molecule has 2 rings (SSSR count). The van der Waals surface area contributed by atoms with E-state index in [1.165, 1.54) is 6.34 Å². The Morgan fingerprint density at radius 1 is 1.32 bits per heavy atom. The normalized spacial score (nSPS) is 11.9. The SMILES string of the molecule is CC(C)N=C(/N=C/Nc1cnc[nH]1)NC(=O)c1ccccc1. The van der Waals surface area contributed by atoms with Crippen molar-refractivity contribution in [1.29, 1.82) is 0 Å². The van der Waals surface area contributed by atoms with Crippen LogP contribution in [-0.2, 0) is 0 Å². The first kappa shape index (κ1) is 15.4. The maximum absolute atomic E-state index is 12.1. The summed E-state index contributed by atoms with van der Waals surface area (Å²) in [7, 11) is 0. The predicted octanol–water partition coefficient (Wildman–Crippen LogP) is 2.04. The summed E-state index contributed by atoms with van der Waals surface area (Å²) in [6, 6.07) is 8.93. The summed E-state index contributed by atoms with van der Waals surface area (Å²) < 4.78 is 0. The monoisotopic (exact) mass is 298 g/mol. The van der Waals surface area contributed by atoms with Crippen molar-refractivity contribution in [3.8, 4) is 0 Å². The molecule has 1 aromatic heterocycles. The molecule has 114 valence electrons. The molecule has 0 spiro atoms. The number of hydrogen-bond donors (Lipinski definition) is 3. The Bertz CT molecular complexity index is 646. The van der Waals surface area contributed by atoms with Gasteiger partial charge >= 0.3 is 0 Å². The van der Waals surface area contributed by atoms with Crippen molar-refractivity contribution in [3.63, 3.8) is 0 Å². The molecule has 0 saturated heterocycles. The van der Waals surface area contributed by atoms with Crippen LogP contribution in [0, 0.1) is 0 Å². The Balaban J connectivity index is 2.03. The topological polar surface area (TPSA) is 94.5 Å². The van der Waals surface area contributed by atoms with Crippen molar-refractivity contribution in [3.05, 3.63) is 48.4 Å². The van der Waals surface area contributed by atoms with Crippen LogP contribution in [0.4, 0.5) is 5.82 Å². The summed E-state index contributed by atoms with van der Waals surface area (Å²) in [5.74, 6) is 0.691. The lowest BCUT2D eigenvalue weighted by Crippen LogP contribution is -2.30. The number of imidazole rings is 1. The molecular formula is C15H18N6O. The van der Waals surface area contributed by atoms with Crippen LogP contribution >= 0.6 is 0 Å². The van der Waals surface area contributed by atoms with Gasteiger partial charge in [0, 0.05) is 11.6 Å². The molecule has 7 nitrogen and oxygen atoms in total. The highest BCUT2D eigenvalue weighted by Crippen LogP contribution is 1.99. The molecule has 0 aliphatic carbocycles. The van der Waals surface area contributed by atoms with Gasteiger partial charge in [0.15, 0.2) is 0 Å². The van der Waals surface area contributed by atoms with E-state index >= 15 is 0 Å². The molecule has 2 aromatic rings. The lowest BCUT2D eigenvalue weighted by atomic mass is 10.2. The fourth-order valence-corrected chi connectivity index (χ4v) is 1.60. The Hall–Kier alpha value is -2.96. The molecular weight excluding hydrogens is 280 g/mol. The standard InChI is InChI=1S/C15H18N6O/c1-11(2)20-15(19-10-18-13-8-16-9-17-13)21-14(22)12-6-4-3-5-7-12/h3-11H,1-2H3,(H,16,17)(H2,18,19,20,21,22). The third-order valence-corrected chi connectivity index (χ3v) is 2.55. The van der Waals surface area contributed by atoms with Gasteiger partial charge in [0.05, 0.1) is 18.9 Å². The molecule has 0 aliphatic heterocycles. The number of carbonyl (C=O) groups excluding carboxylic acids is 1. The van der Waals surface area contributed by atoms with Gasteiger partial charge in [0.25, 0.3) is 5.91 Å². The van der Waals surface area contributed by atoms with E-state index in [0.717, 1.165) is 0 Å². The minimum atomic E-state index is -0.251. The number of nitrogens with one attached hydrogen (secondary N) is 3. The van der Waals surface area contributed by atoms with Gasteiger partial charge < -0.3 is 10.3 Å². The Morgan fingerprint density at radius 2 is 2.09 bits per heavy atom. The number of aliphatic imine (C=N–C) groups is 2. The molecule has 1 heterocycles. The van der Waals surface area contributed by atoms with Crippen LogP contribution in [0.2, 0.25) is 0 Å². The molecule has 0 radical (unpaired) electrons. The highest BCUT2D eigenvalue weighted by molar-refractivity contribution is 6.07. The number of aromatic nitrogens is 2. The Labute approximate surface area is 128 Å². The van der Waals surface area contributed by atoms with E-state index in [0.29, 0.717) is 11.4 Å². The Morgan fingerprint density at radius 3 is 2.73 bits per heavy atom. The second-order valence-corrected chi connectivity index (χ2v) is 4.73. The maximum Gasteiger partial charge on any atom is 0.258 e. The van der Waals surface area contributed by atoms with Crippen LogP contribution in [0.15, 0.2) is 52.8 Å². The third-order valence-electron chi connectivity index (χ3n) is 2.55. The first-order valence-corrected chi connectivity index (χ1v) is 6.87. The minimum absolute atomic E-state index is 0.00961. The molecule has 22 heavy (non-hydrogen) atoms. The van der Waals surface area contributed by atoms with E-state index in [4.69, 9.17) is 0 Å². The number of anilines is 1. The minimum Gasteiger partial charge on any atom is -0.331 e. The van der Waals surface area contributed by atoms with E-state index in [1.54, 1.807) is 36.8 Å². The zero-order valence-electron chi connectivity index (χ0n) is 12.4. The number of carbonyl (C=O) groups is 1. The summed E-state index contributed by atoms with van der Waals surface area (Å²) in [6.07, 6.45) is 4.62. The van der Waals surface area contributed by atoms with Crippen LogP contribution in [0.3, 0.4) is 0 Å². The summed E-state index contributed by atoms with van der Waals surface area (Å²) in [5.41, 5.74) is 0.552. The fourth-order valence-electron chi connectivity index (χ4n) is 1.60. The molecule has 0 saturated carbocycles. The summed E-state index contributed by atoms with van der Waals surface area (Å²) >= 11 is 0. The molecule has 0 bridgehead atoms. The Kier molecular flexibility index (Phi) is 5.42. The average Bonchev–Trinajstić information content (AvgIpc) is 3.00. The zero-order valence-corrected chi connectivity index (χ0v) is 12.4. The first-order chi connectivity index (χ1) is 10.6. The van der Waals surface area contributed by atoms with E-state index in [1.807, 2.05) is 19.9 Å². The molecule has 1 aromatic carbocycles. The predicted molar refractivity (Wildman–Crippen MR) is 87.2 cm³/mol. The average molecular weight is 298 g/mol. The fraction of sp³-hybridized carbons (Fsp3) is 0.200. The quantitative estimate of drug-likeness (QED) is 0.595. The van der Waals surface area contributed by atoms with Gasteiger partial charge in [-0.15, -0.1) is 0 Å². The molecule has 1 amide bonds. The van der Waals surface area contributed by atoms with Crippen molar-refractivity contribution >= 4 is 24.0 Å². The molecule has 0 aliphatic rings. The van der Waals surface area contributed by atoms with Crippen molar-refractivity contribution in [1.82, 2.24) is 15.3 Å². The maximum atomic E-state index is 12.1. The smallest absolute Gasteiger partial charge is 0.258 e. The van der Waals surface area contributed by atoms with Crippen molar-refractivity contribution in [2.45, 2.75) is 19.9 Å². The van der Waals surface area contributed by atoms with Crippen LogP contribution in [-0.4, -0.2) is 34.2 Å². The van der Waals surface area contributed by atoms with Gasteiger partial charge in [-0.2, -0.15) is 0 Å². The van der Waals surface area contributed by atoms with Crippen LogP contribution < -0.4 is 10.6 Å². The van der Waals surface area contributed by atoms with Gasteiger partial charge in [-0.05, 0) is 26.0 Å². The second kappa shape index (κ2) is 7.72. The van der Waals surface area contributed by atoms with Crippen LogP contribution in [0.1, 0.15) is 24.2 Å². The summed E-state index contributed by atoms with van der Waals surface area (Å²) in [6.45, 7) is 3.82. The van der Waals surface area contributed by atoms with Crippen molar-refractivity contribution < 1.29 is 4.79 Å². The molecule has 0 atom stereocenters. The van der Waals surface area contributed by atoms with Crippen LogP contribution in [0.25, 0.3) is 0 Å². The highest BCUT2D eigenvalue weighted by atomic mass is 16.1. The zero-order chi connectivity index (χ0) is 15.8. The molecule has 3 N–H and O–H groups in total. The van der Waals surface area contributed by atoms with Crippen molar-refractivity contribution in [2.24, 2.45) is 9.98 Å². The number of guanidine groups is 1. The number of benzene rings is 1. The van der Waals surface area contributed by atoms with Crippen LogP contribution in [0.5, 0.6) is 0 Å². The highest BCUT2D eigenvalue weighted by Gasteiger charge is 2.07. The van der Waals surface area contributed by atoms with Gasteiger partial charge in [-0.25, -0.2) is 15.0 Å².